The van der Waals surface area contributed by atoms with E-state index >= 15 is 0 Å². The third-order valence-corrected chi connectivity index (χ3v) is 3.07. The highest BCUT2D eigenvalue weighted by Crippen LogP contribution is 2.25. The number of benzene rings is 1. The highest BCUT2D eigenvalue weighted by molar-refractivity contribution is 5.39. The zero-order chi connectivity index (χ0) is 14.6. The smallest absolute Gasteiger partial charge is 0.161 e. The van der Waals surface area contributed by atoms with Crippen LogP contribution in [-0.4, -0.2) is 40.0 Å². The van der Waals surface area contributed by atoms with Crippen molar-refractivity contribution in [2.24, 2.45) is 0 Å². The third kappa shape index (κ3) is 6.26. The lowest BCUT2D eigenvalue weighted by molar-refractivity contribution is 0.158. The van der Waals surface area contributed by atoms with Crippen LogP contribution in [0.25, 0.3) is 0 Å². The average Bonchev–Trinajstić information content (AvgIpc) is 2.49. The first-order valence-corrected chi connectivity index (χ1v) is 7.30. The molecule has 0 radical (unpaired) electrons. The van der Waals surface area contributed by atoms with E-state index in [1.807, 2.05) is 24.3 Å². The van der Waals surface area contributed by atoms with Gasteiger partial charge < -0.3 is 19.5 Å². The Kier molecular flexibility index (Phi) is 8.83. The molecule has 0 aromatic heterocycles. The molecule has 0 fully saturated rings. The summed E-state index contributed by atoms with van der Waals surface area (Å²) in [4.78, 5) is 0. The van der Waals surface area contributed by atoms with Crippen molar-refractivity contribution in [3.63, 3.8) is 0 Å². The monoisotopic (exact) mass is 281 g/mol. The van der Waals surface area contributed by atoms with Crippen LogP contribution in [0.1, 0.15) is 26.2 Å². The molecule has 0 amide bonds. The number of hydrogen-bond acceptors (Lipinski definition) is 4. The fraction of sp³-hybridized carbons (Fsp3) is 0.625. The molecule has 0 aliphatic rings. The summed E-state index contributed by atoms with van der Waals surface area (Å²) in [6.45, 7) is 4.63. The van der Waals surface area contributed by atoms with E-state index in [0.29, 0.717) is 12.6 Å². The minimum atomic E-state index is 0.404. The van der Waals surface area contributed by atoms with Gasteiger partial charge in [-0.1, -0.05) is 19.1 Å². The normalized spacial score (nSPS) is 12.2. The van der Waals surface area contributed by atoms with Gasteiger partial charge in [-0.2, -0.15) is 0 Å². The standard InChI is InChI=1S/C16H27NO3/c1-4-11-17-14(13-18-2)8-7-12-20-16-10-6-5-9-15(16)19-3/h5-6,9-10,14,17H,4,7-8,11-13H2,1-3H3. The summed E-state index contributed by atoms with van der Waals surface area (Å²) in [6.07, 6.45) is 3.17. The maximum atomic E-state index is 5.77. The second-order valence-electron chi connectivity index (χ2n) is 4.75. The fourth-order valence-corrected chi connectivity index (χ4v) is 2.04. The molecule has 1 aromatic rings. The van der Waals surface area contributed by atoms with Gasteiger partial charge in [0.2, 0.25) is 0 Å². The molecule has 114 valence electrons. The highest BCUT2D eigenvalue weighted by Gasteiger charge is 2.07. The summed E-state index contributed by atoms with van der Waals surface area (Å²) < 4.78 is 16.3. The second-order valence-corrected chi connectivity index (χ2v) is 4.75. The summed E-state index contributed by atoms with van der Waals surface area (Å²) >= 11 is 0. The fourth-order valence-electron chi connectivity index (χ4n) is 2.04. The lowest BCUT2D eigenvalue weighted by Gasteiger charge is -2.17. The number of nitrogens with one attached hydrogen (secondary N) is 1. The Morgan fingerprint density at radius 1 is 1.15 bits per heavy atom. The zero-order valence-electron chi connectivity index (χ0n) is 12.9. The van der Waals surface area contributed by atoms with Crippen molar-refractivity contribution in [1.29, 1.82) is 0 Å². The van der Waals surface area contributed by atoms with Gasteiger partial charge in [0.05, 0.1) is 20.3 Å². The minimum absolute atomic E-state index is 0.404. The van der Waals surface area contributed by atoms with Crippen molar-refractivity contribution in [2.75, 3.05) is 34.0 Å². The van der Waals surface area contributed by atoms with E-state index in [4.69, 9.17) is 14.2 Å². The van der Waals surface area contributed by atoms with Gasteiger partial charge >= 0.3 is 0 Å². The lowest BCUT2D eigenvalue weighted by Crippen LogP contribution is -2.34. The van der Waals surface area contributed by atoms with Crippen LogP contribution >= 0.6 is 0 Å². The van der Waals surface area contributed by atoms with E-state index in [9.17, 15) is 0 Å². The number of methoxy groups -OCH3 is 2. The molecule has 20 heavy (non-hydrogen) atoms. The first kappa shape index (κ1) is 16.8. The van der Waals surface area contributed by atoms with Crippen LogP contribution < -0.4 is 14.8 Å². The first-order chi connectivity index (χ1) is 9.81. The quantitative estimate of drug-likeness (QED) is 0.633. The SMILES string of the molecule is CCCNC(CCCOc1ccccc1OC)COC. The molecule has 0 aliphatic heterocycles. The molecule has 0 spiro atoms. The van der Waals surface area contributed by atoms with Crippen LogP contribution in [0.2, 0.25) is 0 Å². The molecule has 1 aromatic carbocycles. The van der Waals surface area contributed by atoms with Gasteiger partial charge in [-0.05, 0) is 37.9 Å². The number of rotatable bonds is 11. The Morgan fingerprint density at radius 3 is 2.55 bits per heavy atom. The molecular weight excluding hydrogens is 254 g/mol. The van der Waals surface area contributed by atoms with E-state index in [1.165, 1.54) is 0 Å². The molecule has 1 unspecified atom stereocenters. The summed E-state index contributed by atoms with van der Waals surface area (Å²) in [5.41, 5.74) is 0. The molecule has 0 saturated carbocycles. The van der Waals surface area contributed by atoms with Crippen LogP contribution in [0.3, 0.4) is 0 Å². The molecular formula is C16H27NO3. The highest BCUT2D eigenvalue weighted by atomic mass is 16.5. The Bertz CT molecular complexity index is 357. The van der Waals surface area contributed by atoms with Crippen molar-refractivity contribution >= 4 is 0 Å². The van der Waals surface area contributed by atoms with Gasteiger partial charge in [0.25, 0.3) is 0 Å². The van der Waals surface area contributed by atoms with Gasteiger partial charge in [0.1, 0.15) is 0 Å². The molecule has 4 heteroatoms. The Labute approximate surface area is 122 Å². The Balaban J connectivity index is 2.28. The van der Waals surface area contributed by atoms with Crippen molar-refractivity contribution in [1.82, 2.24) is 5.32 Å². The van der Waals surface area contributed by atoms with Crippen molar-refractivity contribution < 1.29 is 14.2 Å². The first-order valence-electron chi connectivity index (χ1n) is 7.30. The summed E-state index contributed by atoms with van der Waals surface area (Å²) in [7, 11) is 3.40. The van der Waals surface area contributed by atoms with Crippen LogP contribution in [0.15, 0.2) is 24.3 Å². The van der Waals surface area contributed by atoms with Gasteiger partial charge in [-0.15, -0.1) is 0 Å². The minimum Gasteiger partial charge on any atom is -0.493 e. The van der Waals surface area contributed by atoms with E-state index in [1.54, 1.807) is 14.2 Å². The molecule has 1 N–H and O–H groups in total. The van der Waals surface area contributed by atoms with E-state index < -0.39 is 0 Å². The van der Waals surface area contributed by atoms with Crippen LogP contribution in [0.5, 0.6) is 11.5 Å². The third-order valence-electron chi connectivity index (χ3n) is 3.07. The van der Waals surface area contributed by atoms with E-state index in [0.717, 1.165) is 43.9 Å². The second kappa shape index (κ2) is 10.5. The molecule has 0 aliphatic carbocycles. The van der Waals surface area contributed by atoms with Crippen LogP contribution in [-0.2, 0) is 4.74 Å². The summed E-state index contributed by atoms with van der Waals surface area (Å²) in [5.74, 6) is 1.59. The number of ether oxygens (including phenoxy) is 3. The summed E-state index contributed by atoms with van der Waals surface area (Å²) in [5, 5.41) is 3.49. The molecule has 1 atom stereocenters. The predicted molar refractivity (Wildman–Crippen MR) is 81.7 cm³/mol. The molecule has 0 bridgehead atoms. The van der Waals surface area contributed by atoms with Crippen molar-refractivity contribution in [2.45, 2.75) is 32.2 Å². The summed E-state index contributed by atoms with van der Waals surface area (Å²) in [6, 6.07) is 8.14. The lowest BCUT2D eigenvalue weighted by atomic mass is 10.1. The number of hydrogen-bond donors (Lipinski definition) is 1. The van der Waals surface area contributed by atoms with Crippen molar-refractivity contribution in [3.8, 4) is 11.5 Å². The van der Waals surface area contributed by atoms with Gasteiger partial charge in [0, 0.05) is 13.2 Å². The number of para-hydroxylation sites is 2. The largest absolute Gasteiger partial charge is 0.493 e. The molecule has 0 heterocycles. The average molecular weight is 281 g/mol. The molecule has 4 nitrogen and oxygen atoms in total. The van der Waals surface area contributed by atoms with Crippen LogP contribution in [0.4, 0.5) is 0 Å². The zero-order valence-corrected chi connectivity index (χ0v) is 12.9. The van der Waals surface area contributed by atoms with Gasteiger partial charge in [-0.25, -0.2) is 0 Å². The van der Waals surface area contributed by atoms with E-state index in [2.05, 4.69) is 12.2 Å². The van der Waals surface area contributed by atoms with Crippen molar-refractivity contribution in [3.05, 3.63) is 24.3 Å². The Morgan fingerprint density at radius 2 is 1.90 bits per heavy atom. The topological polar surface area (TPSA) is 39.7 Å². The predicted octanol–water partition coefficient (Wildman–Crippen LogP) is 2.87. The maximum Gasteiger partial charge on any atom is 0.161 e. The molecule has 0 saturated heterocycles. The van der Waals surface area contributed by atoms with Crippen LogP contribution in [0, 0.1) is 0 Å². The maximum absolute atomic E-state index is 5.77. The van der Waals surface area contributed by atoms with Gasteiger partial charge in [0.15, 0.2) is 11.5 Å². The molecule has 1 rings (SSSR count). The Hall–Kier alpha value is -1.26. The van der Waals surface area contributed by atoms with E-state index in [-0.39, 0.29) is 0 Å². The van der Waals surface area contributed by atoms with Gasteiger partial charge in [-0.3, -0.25) is 0 Å².